The summed E-state index contributed by atoms with van der Waals surface area (Å²) in [5.41, 5.74) is 1.74. The Morgan fingerprint density at radius 1 is 1.38 bits per heavy atom. The van der Waals surface area contributed by atoms with Crippen LogP contribution in [0.15, 0.2) is 47.3 Å². The highest BCUT2D eigenvalue weighted by molar-refractivity contribution is 5.89. The number of hydrogen-bond acceptors (Lipinski definition) is 2. The summed E-state index contributed by atoms with van der Waals surface area (Å²) >= 11 is 0. The van der Waals surface area contributed by atoms with Crippen LogP contribution >= 0.6 is 0 Å². The summed E-state index contributed by atoms with van der Waals surface area (Å²) in [4.78, 5) is 0. The van der Waals surface area contributed by atoms with Gasteiger partial charge >= 0.3 is 0 Å². The highest BCUT2D eigenvalue weighted by Crippen LogP contribution is 2.18. The molecule has 0 unspecified atom stereocenters. The molecule has 0 N–H and O–H groups in total. The van der Waals surface area contributed by atoms with Crippen molar-refractivity contribution >= 4 is 11.6 Å². The van der Waals surface area contributed by atoms with E-state index in [1.165, 1.54) is 24.7 Å². The predicted octanol–water partition coefficient (Wildman–Crippen LogP) is 3.48. The standard InChI is InChI=1S/C13H8FNO/c14-13-3-1-2-11(7-13)12(8-15)6-10-4-5-16-9-10/h1-7,9H/b12-6-. The smallest absolute Gasteiger partial charge is 0.123 e. The first-order chi connectivity index (χ1) is 7.79. The Morgan fingerprint density at radius 2 is 2.25 bits per heavy atom. The third-order valence-corrected chi connectivity index (χ3v) is 2.11. The average Bonchev–Trinajstić information content (AvgIpc) is 2.78. The zero-order chi connectivity index (χ0) is 11.4. The Hall–Kier alpha value is -2.34. The summed E-state index contributed by atoms with van der Waals surface area (Å²) in [6, 6.07) is 9.71. The van der Waals surface area contributed by atoms with E-state index in [9.17, 15) is 4.39 Å². The predicted molar refractivity (Wildman–Crippen MR) is 58.6 cm³/mol. The van der Waals surface area contributed by atoms with E-state index in [0.29, 0.717) is 11.1 Å². The van der Waals surface area contributed by atoms with E-state index in [0.717, 1.165) is 5.56 Å². The second kappa shape index (κ2) is 4.45. The zero-order valence-electron chi connectivity index (χ0n) is 8.35. The molecule has 0 atom stereocenters. The Balaban J connectivity index is 2.41. The minimum absolute atomic E-state index is 0.356. The normalized spacial score (nSPS) is 11.1. The minimum atomic E-state index is -0.356. The van der Waals surface area contributed by atoms with Crippen LogP contribution in [0, 0.1) is 17.1 Å². The van der Waals surface area contributed by atoms with E-state index in [1.54, 1.807) is 24.3 Å². The van der Waals surface area contributed by atoms with Crippen LogP contribution in [0.1, 0.15) is 11.1 Å². The van der Waals surface area contributed by atoms with Crippen LogP contribution in [0.3, 0.4) is 0 Å². The Labute approximate surface area is 92.2 Å². The monoisotopic (exact) mass is 213 g/mol. The summed E-state index contributed by atoms with van der Waals surface area (Å²) in [6.07, 6.45) is 4.70. The highest BCUT2D eigenvalue weighted by Gasteiger charge is 2.02. The Kier molecular flexibility index (Phi) is 2.84. The van der Waals surface area contributed by atoms with Crippen LogP contribution in [0.4, 0.5) is 4.39 Å². The van der Waals surface area contributed by atoms with Crippen LogP contribution in [-0.4, -0.2) is 0 Å². The fourth-order valence-corrected chi connectivity index (χ4v) is 1.36. The SMILES string of the molecule is N#C/C(=C/c1ccoc1)c1cccc(F)c1. The summed E-state index contributed by atoms with van der Waals surface area (Å²) in [5, 5.41) is 9.00. The third-order valence-electron chi connectivity index (χ3n) is 2.11. The van der Waals surface area contributed by atoms with Gasteiger partial charge in [-0.3, -0.25) is 0 Å². The lowest BCUT2D eigenvalue weighted by atomic mass is 10.1. The van der Waals surface area contributed by atoms with Crippen molar-refractivity contribution in [3.05, 3.63) is 59.8 Å². The van der Waals surface area contributed by atoms with Crippen LogP contribution in [0.2, 0.25) is 0 Å². The number of benzene rings is 1. The molecule has 0 fully saturated rings. The van der Waals surface area contributed by atoms with E-state index in [4.69, 9.17) is 9.68 Å². The number of halogens is 1. The first kappa shape index (κ1) is 10.2. The van der Waals surface area contributed by atoms with Crippen molar-refractivity contribution in [1.29, 1.82) is 5.26 Å². The number of nitrogens with zero attached hydrogens (tertiary/aromatic N) is 1. The van der Waals surface area contributed by atoms with Gasteiger partial charge in [0.2, 0.25) is 0 Å². The lowest BCUT2D eigenvalue weighted by Gasteiger charge is -1.98. The Morgan fingerprint density at radius 3 is 2.88 bits per heavy atom. The van der Waals surface area contributed by atoms with Gasteiger partial charge in [-0.25, -0.2) is 4.39 Å². The maximum absolute atomic E-state index is 13.0. The van der Waals surface area contributed by atoms with Crippen molar-refractivity contribution in [2.75, 3.05) is 0 Å². The Bertz CT molecular complexity index is 550. The molecule has 0 aliphatic heterocycles. The summed E-state index contributed by atoms with van der Waals surface area (Å²) in [7, 11) is 0. The molecular weight excluding hydrogens is 205 g/mol. The van der Waals surface area contributed by atoms with Crippen molar-refractivity contribution in [1.82, 2.24) is 0 Å². The maximum atomic E-state index is 13.0. The summed E-state index contributed by atoms with van der Waals surface area (Å²) in [6.45, 7) is 0. The van der Waals surface area contributed by atoms with Gasteiger partial charge in [-0.2, -0.15) is 5.26 Å². The molecule has 2 rings (SSSR count). The molecule has 78 valence electrons. The van der Waals surface area contributed by atoms with E-state index < -0.39 is 0 Å². The quantitative estimate of drug-likeness (QED) is 0.716. The van der Waals surface area contributed by atoms with Crippen LogP contribution in [0.5, 0.6) is 0 Å². The summed E-state index contributed by atoms with van der Waals surface area (Å²) in [5.74, 6) is -0.356. The van der Waals surface area contributed by atoms with Gasteiger partial charge in [0, 0.05) is 5.56 Å². The molecule has 0 saturated heterocycles. The van der Waals surface area contributed by atoms with Gasteiger partial charge < -0.3 is 4.42 Å². The van der Waals surface area contributed by atoms with Crippen molar-refractivity contribution in [2.24, 2.45) is 0 Å². The van der Waals surface area contributed by atoms with Gasteiger partial charge in [-0.05, 0) is 29.8 Å². The number of rotatable bonds is 2. The molecular formula is C13H8FNO. The molecule has 0 aliphatic carbocycles. The van der Waals surface area contributed by atoms with E-state index in [1.807, 2.05) is 6.07 Å². The van der Waals surface area contributed by atoms with E-state index in [-0.39, 0.29) is 5.82 Å². The number of allylic oxidation sites excluding steroid dienone is 1. The van der Waals surface area contributed by atoms with E-state index in [2.05, 4.69) is 0 Å². The molecule has 0 radical (unpaired) electrons. The molecule has 1 heterocycles. The van der Waals surface area contributed by atoms with Crippen LogP contribution in [-0.2, 0) is 0 Å². The number of nitriles is 1. The first-order valence-corrected chi connectivity index (χ1v) is 4.69. The fourth-order valence-electron chi connectivity index (χ4n) is 1.36. The van der Waals surface area contributed by atoms with Crippen molar-refractivity contribution < 1.29 is 8.81 Å². The van der Waals surface area contributed by atoms with Gasteiger partial charge in [0.15, 0.2) is 0 Å². The molecule has 0 saturated carbocycles. The van der Waals surface area contributed by atoms with Gasteiger partial charge in [0.25, 0.3) is 0 Å². The molecule has 0 spiro atoms. The summed E-state index contributed by atoms with van der Waals surface area (Å²) < 4.78 is 17.9. The van der Waals surface area contributed by atoms with Crippen LogP contribution < -0.4 is 0 Å². The number of furan rings is 1. The molecule has 1 aromatic heterocycles. The van der Waals surface area contributed by atoms with Crippen molar-refractivity contribution in [3.8, 4) is 6.07 Å². The molecule has 0 amide bonds. The average molecular weight is 213 g/mol. The second-order valence-electron chi connectivity index (χ2n) is 3.24. The molecule has 0 aliphatic rings. The molecule has 1 aromatic carbocycles. The maximum Gasteiger partial charge on any atom is 0.123 e. The minimum Gasteiger partial charge on any atom is -0.472 e. The molecule has 2 nitrogen and oxygen atoms in total. The van der Waals surface area contributed by atoms with Crippen molar-refractivity contribution in [3.63, 3.8) is 0 Å². The van der Waals surface area contributed by atoms with Gasteiger partial charge in [0.05, 0.1) is 24.2 Å². The second-order valence-corrected chi connectivity index (χ2v) is 3.24. The van der Waals surface area contributed by atoms with Gasteiger partial charge in [-0.15, -0.1) is 0 Å². The van der Waals surface area contributed by atoms with Crippen LogP contribution in [0.25, 0.3) is 11.6 Å². The topological polar surface area (TPSA) is 36.9 Å². The van der Waals surface area contributed by atoms with Crippen molar-refractivity contribution in [2.45, 2.75) is 0 Å². The molecule has 0 bridgehead atoms. The number of hydrogen-bond donors (Lipinski definition) is 0. The zero-order valence-corrected chi connectivity index (χ0v) is 8.35. The molecule has 16 heavy (non-hydrogen) atoms. The lowest BCUT2D eigenvalue weighted by molar-refractivity contribution is 0.567. The third kappa shape index (κ3) is 2.18. The van der Waals surface area contributed by atoms with E-state index >= 15 is 0 Å². The molecule has 3 heteroatoms. The lowest BCUT2D eigenvalue weighted by Crippen LogP contribution is -1.83. The fraction of sp³-hybridized carbons (Fsp3) is 0. The largest absolute Gasteiger partial charge is 0.472 e. The van der Waals surface area contributed by atoms with Gasteiger partial charge in [-0.1, -0.05) is 12.1 Å². The molecule has 2 aromatic rings. The van der Waals surface area contributed by atoms with Gasteiger partial charge in [0.1, 0.15) is 5.82 Å². The highest BCUT2D eigenvalue weighted by atomic mass is 19.1. The first-order valence-electron chi connectivity index (χ1n) is 4.69.